The van der Waals surface area contributed by atoms with Crippen molar-refractivity contribution in [2.24, 2.45) is 0 Å². The molecule has 15 heavy (non-hydrogen) atoms. The fourth-order valence-corrected chi connectivity index (χ4v) is 1.48. The molecule has 0 radical (unpaired) electrons. The third-order valence-electron chi connectivity index (χ3n) is 2.25. The van der Waals surface area contributed by atoms with Gasteiger partial charge in [0.2, 0.25) is 0 Å². The fraction of sp³-hybridized carbons (Fsp3) is 0.545. The number of unbranched alkanes of at least 4 members (excludes halogenated alkanes) is 1. The lowest BCUT2D eigenvalue weighted by molar-refractivity contribution is 0.308. The number of hydrogen-bond donors (Lipinski definition) is 0. The summed E-state index contributed by atoms with van der Waals surface area (Å²) < 4.78 is 10.6. The molecule has 1 aliphatic rings. The van der Waals surface area contributed by atoms with Crippen LogP contribution in [0.4, 0.5) is 0 Å². The maximum Gasteiger partial charge on any atom is 0.171 e. The largest absolute Gasteiger partial charge is 0.490 e. The number of nitrogens with zero attached hydrogens (tertiary/aromatic N) is 1. The van der Waals surface area contributed by atoms with E-state index in [1.807, 2.05) is 12.1 Å². The predicted octanol–water partition coefficient (Wildman–Crippen LogP) is 2.99. The van der Waals surface area contributed by atoms with Crippen LogP contribution in [0.15, 0.2) is 12.1 Å². The van der Waals surface area contributed by atoms with Crippen LogP contribution < -0.4 is 4.74 Å². The molecule has 4 heteroatoms. The fourth-order valence-electron chi connectivity index (χ4n) is 1.27. The van der Waals surface area contributed by atoms with Crippen molar-refractivity contribution in [2.75, 3.05) is 13.2 Å². The van der Waals surface area contributed by atoms with Crippen LogP contribution in [0.25, 0.3) is 0 Å². The molecular weight excluding hydrogens is 214 g/mol. The van der Waals surface area contributed by atoms with Gasteiger partial charge in [-0.2, -0.15) is 0 Å². The first kappa shape index (κ1) is 10.7. The third kappa shape index (κ3) is 2.83. The topological polar surface area (TPSA) is 34.6 Å². The van der Waals surface area contributed by atoms with Gasteiger partial charge in [0.1, 0.15) is 6.10 Å². The van der Waals surface area contributed by atoms with E-state index < -0.39 is 0 Å². The summed E-state index contributed by atoms with van der Waals surface area (Å²) in [4.78, 5) is 4.23. The zero-order valence-electron chi connectivity index (χ0n) is 8.70. The summed E-state index contributed by atoms with van der Waals surface area (Å²) in [5.74, 6) is 0.662. The minimum absolute atomic E-state index is 0.146. The van der Waals surface area contributed by atoms with Crippen molar-refractivity contribution in [1.82, 2.24) is 4.98 Å². The van der Waals surface area contributed by atoms with E-state index in [1.54, 1.807) is 0 Å². The Hall–Kier alpha value is -0.800. The molecule has 0 saturated carbocycles. The molecule has 82 valence electrons. The normalized spacial score (nSPS) is 18.9. The van der Waals surface area contributed by atoms with Gasteiger partial charge in [0.25, 0.3) is 0 Å². The van der Waals surface area contributed by atoms with Gasteiger partial charge in [0.05, 0.1) is 18.9 Å². The van der Waals surface area contributed by atoms with Crippen molar-refractivity contribution >= 4 is 11.6 Å². The van der Waals surface area contributed by atoms with Crippen molar-refractivity contribution in [1.29, 1.82) is 0 Å². The maximum atomic E-state index is 5.99. The number of rotatable bonds is 5. The van der Waals surface area contributed by atoms with Crippen LogP contribution in [0.5, 0.6) is 5.75 Å². The first-order valence-corrected chi connectivity index (χ1v) is 5.60. The molecule has 0 N–H and O–H groups in total. The number of ether oxygens (including phenoxy) is 2. The molecular formula is C11H14ClNO2. The third-order valence-corrected chi connectivity index (χ3v) is 2.53. The smallest absolute Gasteiger partial charge is 0.171 e. The Morgan fingerprint density at radius 3 is 3.00 bits per heavy atom. The number of aromatic nitrogens is 1. The number of epoxide rings is 1. The molecule has 2 rings (SSSR count). The summed E-state index contributed by atoms with van der Waals surface area (Å²) in [7, 11) is 0. The highest BCUT2D eigenvalue weighted by Gasteiger charge is 2.26. The Balaban J connectivity index is 1.98. The van der Waals surface area contributed by atoms with E-state index >= 15 is 0 Å². The van der Waals surface area contributed by atoms with Gasteiger partial charge in [0.15, 0.2) is 10.9 Å². The van der Waals surface area contributed by atoms with Crippen molar-refractivity contribution in [2.45, 2.75) is 25.9 Å². The van der Waals surface area contributed by atoms with Crippen molar-refractivity contribution in [3.05, 3.63) is 23.0 Å². The molecule has 1 unspecified atom stereocenters. The molecule has 0 bridgehead atoms. The Labute approximate surface area is 94.4 Å². The molecule has 0 aliphatic carbocycles. The van der Waals surface area contributed by atoms with Gasteiger partial charge in [-0.15, -0.1) is 0 Å². The Kier molecular flexibility index (Phi) is 3.44. The number of halogens is 1. The summed E-state index contributed by atoms with van der Waals surface area (Å²) in [6, 6.07) is 3.77. The van der Waals surface area contributed by atoms with E-state index in [2.05, 4.69) is 11.9 Å². The predicted molar refractivity (Wildman–Crippen MR) is 58.3 cm³/mol. The summed E-state index contributed by atoms with van der Waals surface area (Å²) in [5, 5.41) is 0.430. The lowest BCUT2D eigenvalue weighted by atomic mass is 10.3. The zero-order valence-corrected chi connectivity index (χ0v) is 9.46. The van der Waals surface area contributed by atoms with E-state index in [1.165, 1.54) is 0 Å². The van der Waals surface area contributed by atoms with E-state index in [4.69, 9.17) is 21.1 Å². The highest BCUT2D eigenvalue weighted by Crippen LogP contribution is 2.31. The monoisotopic (exact) mass is 227 g/mol. The van der Waals surface area contributed by atoms with E-state index in [0.717, 1.165) is 25.1 Å². The first-order chi connectivity index (χ1) is 7.31. The molecule has 3 nitrogen and oxygen atoms in total. The second-order valence-electron chi connectivity index (χ2n) is 3.55. The van der Waals surface area contributed by atoms with Crippen LogP contribution >= 0.6 is 11.6 Å². The van der Waals surface area contributed by atoms with Gasteiger partial charge in [-0.3, -0.25) is 0 Å². The van der Waals surface area contributed by atoms with Gasteiger partial charge in [-0.25, -0.2) is 4.98 Å². The first-order valence-electron chi connectivity index (χ1n) is 5.22. The molecule has 1 aromatic rings. The van der Waals surface area contributed by atoms with Gasteiger partial charge in [-0.1, -0.05) is 24.9 Å². The molecule has 1 aliphatic heterocycles. The maximum absolute atomic E-state index is 5.99. The van der Waals surface area contributed by atoms with E-state index in [-0.39, 0.29) is 6.10 Å². The van der Waals surface area contributed by atoms with Crippen LogP contribution in [0, 0.1) is 0 Å². The van der Waals surface area contributed by atoms with Gasteiger partial charge < -0.3 is 9.47 Å². The minimum Gasteiger partial charge on any atom is -0.490 e. The SMILES string of the molecule is CCCCOc1ccc(C2CO2)nc1Cl. The minimum atomic E-state index is 0.146. The van der Waals surface area contributed by atoms with E-state index in [0.29, 0.717) is 17.5 Å². The zero-order chi connectivity index (χ0) is 10.7. The van der Waals surface area contributed by atoms with Gasteiger partial charge >= 0.3 is 0 Å². The highest BCUT2D eigenvalue weighted by atomic mass is 35.5. The van der Waals surface area contributed by atoms with Crippen LogP contribution in [-0.4, -0.2) is 18.2 Å². The van der Waals surface area contributed by atoms with Crippen LogP contribution in [0.2, 0.25) is 5.15 Å². The standard InChI is InChI=1S/C11H14ClNO2/c1-2-3-6-14-9-5-4-8(10-7-15-10)13-11(9)12/h4-5,10H,2-3,6-7H2,1H3. The molecule has 1 fully saturated rings. The Morgan fingerprint density at radius 1 is 1.60 bits per heavy atom. The molecule has 0 spiro atoms. The highest BCUT2D eigenvalue weighted by molar-refractivity contribution is 6.30. The quantitative estimate of drug-likeness (QED) is 0.441. The summed E-state index contributed by atoms with van der Waals surface area (Å²) in [6.45, 7) is 3.56. The lowest BCUT2D eigenvalue weighted by Gasteiger charge is -2.07. The van der Waals surface area contributed by atoms with Crippen molar-refractivity contribution < 1.29 is 9.47 Å². The summed E-state index contributed by atoms with van der Waals surface area (Å²) in [6.07, 6.45) is 2.29. The second kappa shape index (κ2) is 4.81. The summed E-state index contributed by atoms with van der Waals surface area (Å²) in [5.41, 5.74) is 0.892. The van der Waals surface area contributed by atoms with Crippen molar-refractivity contribution in [3.63, 3.8) is 0 Å². The molecule has 1 atom stereocenters. The molecule has 0 aromatic carbocycles. The van der Waals surface area contributed by atoms with Gasteiger partial charge in [-0.05, 0) is 18.6 Å². The Morgan fingerprint density at radius 2 is 2.40 bits per heavy atom. The number of pyridine rings is 1. The second-order valence-corrected chi connectivity index (χ2v) is 3.91. The molecule has 1 saturated heterocycles. The Bertz CT molecular complexity index is 339. The van der Waals surface area contributed by atoms with Crippen LogP contribution in [0.1, 0.15) is 31.6 Å². The van der Waals surface area contributed by atoms with Gasteiger partial charge in [0, 0.05) is 0 Å². The van der Waals surface area contributed by atoms with Crippen LogP contribution in [0.3, 0.4) is 0 Å². The summed E-state index contributed by atoms with van der Waals surface area (Å²) >= 11 is 5.99. The average molecular weight is 228 g/mol. The molecule has 2 heterocycles. The average Bonchev–Trinajstić information content (AvgIpc) is 3.04. The molecule has 1 aromatic heterocycles. The lowest BCUT2D eigenvalue weighted by Crippen LogP contribution is -1.99. The number of hydrogen-bond acceptors (Lipinski definition) is 3. The van der Waals surface area contributed by atoms with Crippen molar-refractivity contribution in [3.8, 4) is 5.75 Å². The van der Waals surface area contributed by atoms with Crippen LogP contribution in [-0.2, 0) is 4.74 Å². The van der Waals surface area contributed by atoms with E-state index in [9.17, 15) is 0 Å². The molecule has 0 amide bonds.